The molecule has 6 rings (SSSR count). The van der Waals surface area contributed by atoms with Crippen molar-refractivity contribution in [3.63, 3.8) is 0 Å². The van der Waals surface area contributed by atoms with Gasteiger partial charge in [0.05, 0.1) is 22.4 Å². The molecule has 0 fully saturated rings. The minimum atomic E-state index is -0.00696. The molecule has 0 unspecified atom stereocenters. The number of para-hydroxylation sites is 2. The van der Waals surface area contributed by atoms with E-state index in [-0.39, 0.29) is 16.2 Å². The van der Waals surface area contributed by atoms with E-state index in [2.05, 4.69) is 120 Å². The summed E-state index contributed by atoms with van der Waals surface area (Å²) in [6.45, 7) is 14.4. The highest BCUT2D eigenvalue weighted by Gasteiger charge is 2.57. The molecule has 1 aliphatic carbocycles. The summed E-state index contributed by atoms with van der Waals surface area (Å²) in [6.07, 6.45) is 0. The van der Waals surface area contributed by atoms with E-state index in [1.807, 2.05) is 18.2 Å². The summed E-state index contributed by atoms with van der Waals surface area (Å²) in [5.74, 6) is 0. The van der Waals surface area contributed by atoms with Crippen LogP contribution in [0.3, 0.4) is 0 Å². The Morgan fingerprint density at radius 1 is 0.459 bits per heavy atom. The summed E-state index contributed by atoms with van der Waals surface area (Å²) in [6, 6.07) is 34.3. The molecule has 0 N–H and O–H groups in total. The quantitative estimate of drug-likeness (QED) is 0.256. The molecule has 1 aromatic heterocycles. The molecule has 37 heavy (non-hydrogen) atoms. The lowest BCUT2D eigenvalue weighted by atomic mass is 9.59. The van der Waals surface area contributed by atoms with Gasteiger partial charge in [-0.1, -0.05) is 114 Å². The van der Waals surface area contributed by atoms with Crippen molar-refractivity contribution in [1.29, 1.82) is 0 Å². The van der Waals surface area contributed by atoms with Crippen LogP contribution in [0.5, 0.6) is 0 Å². The number of hydrogen-bond donors (Lipinski definition) is 0. The Morgan fingerprint density at radius 2 is 0.892 bits per heavy atom. The molecule has 0 radical (unpaired) electrons. The fourth-order valence-corrected chi connectivity index (χ4v) is 6.13. The predicted octanol–water partition coefficient (Wildman–Crippen LogP) is 9.23. The van der Waals surface area contributed by atoms with Crippen LogP contribution in [0.25, 0.3) is 44.7 Å². The van der Waals surface area contributed by atoms with Crippen molar-refractivity contribution < 1.29 is 0 Å². The molecule has 184 valence electrons. The summed E-state index contributed by atoms with van der Waals surface area (Å²) in [4.78, 5) is 10.5. The topological polar surface area (TPSA) is 25.8 Å². The van der Waals surface area contributed by atoms with Crippen molar-refractivity contribution in [3.8, 4) is 33.6 Å². The van der Waals surface area contributed by atoms with Crippen molar-refractivity contribution in [3.05, 3.63) is 108 Å². The van der Waals surface area contributed by atoms with Crippen molar-refractivity contribution in [2.45, 2.75) is 52.4 Å². The van der Waals surface area contributed by atoms with Crippen LogP contribution in [0.4, 0.5) is 0 Å². The Hall–Kier alpha value is -3.78. The van der Waals surface area contributed by atoms with Gasteiger partial charge in [0, 0.05) is 11.1 Å². The second kappa shape index (κ2) is 8.11. The van der Waals surface area contributed by atoms with Crippen LogP contribution in [0, 0.1) is 5.41 Å². The highest BCUT2D eigenvalue weighted by atomic mass is 14.8. The van der Waals surface area contributed by atoms with E-state index in [9.17, 15) is 0 Å². The van der Waals surface area contributed by atoms with Crippen LogP contribution in [-0.4, -0.2) is 9.97 Å². The molecular weight excluding hydrogens is 448 g/mol. The van der Waals surface area contributed by atoms with Crippen LogP contribution < -0.4 is 0 Å². The molecule has 0 saturated carbocycles. The molecule has 2 nitrogen and oxygen atoms in total. The molecule has 0 bridgehead atoms. The zero-order chi connectivity index (χ0) is 26.0. The van der Waals surface area contributed by atoms with E-state index < -0.39 is 0 Å². The molecule has 0 spiro atoms. The summed E-state index contributed by atoms with van der Waals surface area (Å²) in [5, 5.41) is 0. The predicted molar refractivity (Wildman–Crippen MR) is 156 cm³/mol. The first kappa shape index (κ1) is 23.6. The Labute approximate surface area is 220 Å². The maximum Gasteiger partial charge on any atom is 0.0979 e. The SMILES string of the molecule is CC1(C)c2cc(-c3ccccc3)c(-c3nc4ccccc4nc3-c3ccccc3)cc2C(C)(C)C1(C)C. The van der Waals surface area contributed by atoms with Crippen LogP contribution in [0.1, 0.15) is 52.7 Å². The van der Waals surface area contributed by atoms with Crippen molar-refractivity contribution >= 4 is 11.0 Å². The summed E-state index contributed by atoms with van der Waals surface area (Å²) in [7, 11) is 0. The van der Waals surface area contributed by atoms with Gasteiger partial charge in [-0.3, -0.25) is 0 Å². The second-order valence-corrected chi connectivity index (χ2v) is 12.0. The van der Waals surface area contributed by atoms with Crippen molar-refractivity contribution in [2.75, 3.05) is 0 Å². The van der Waals surface area contributed by atoms with Gasteiger partial charge in [0.15, 0.2) is 0 Å². The summed E-state index contributed by atoms with van der Waals surface area (Å²) in [5.41, 5.74) is 11.2. The van der Waals surface area contributed by atoms with Crippen molar-refractivity contribution in [1.82, 2.24) is 9.97 Å². The van der Waals surface area contributed by atoms with Gasteiger partial charge in [0.1, 0.15) is 0 Å². The maximum absolute atomic E-state index is 5.29. The van der Waals surface area contributed by atoms with Gasteiger partial charge in [0.2, 0.25) is 0 Å². The minimum Gasteiger partial charge on any atom is -0.244 e. The van der Waals surface area contributed by atoms with Gasteiger partial charge < -0.3 is 0 Å². The molecule has 0 aliphatic heterocycles. The first-order valence-corrected chi connectivity index (χ1v) is 13.2. The van der Waals surface area contributed by atoms with E-state index in [1.54, 1.807) is 0 Å². The minimum absolute atomic E-state index is 0.00696. The highest BCUT2D eigenvalue weighted by molar-refractivity contribution is 5.93. The largest absolute Gasteiger partial charge is 0.244 e. The Bertz CT molecular complexity index is 1630. The zero-order valence-electron chi connectivity index (χ0n) is 22.6. The first-order valence-electron chi connectivity index (χ1n) is 13.2. The van der Waals surface area contributed by atoms with Gasteiger partial charge in [-0.2, -0.15) is 0 Å². The van der Waals surface area contributed by atoms with E-state index in [1.165, 1.54) is 22.3 Å². The normalized spacial score (nSPS) is 17.0. The van der Waals surface area contributed by atoms with Gasteiger partial charge >= 0.3 is 0 Å². The van der Waals surface area contributed by atoms with E-state index in [4.69, 9.17) is 9.97 Å². The summed E-state index contributed by atoms with van der Waals surface area (Å²) < 4.78 is 0. The van der Waals surface area contributed by atoms with Crippen LogP contribution in [0.15, 0.2) is 97.1 Å². The third-order valence-electron chi connectivity index (χ3n) is 9.59. The standard InChI is InChI=1S/C35H34N2/c1-33(2)27-21-25(23-15-9-7-10-16-23)26(22-28(27)34(3,4)35(33,5)6)32-31(24-17-11-8-12-18-24)36-29-19-13-14-20-30(29)37-32/h7-22H,1-6H3. The second-order valence-electron chi connectivity index (χ2n) is 12.0. The van der Waals surface area contributed by atoms with Crippen LogP contribution in [-0.2, 0) is 10.8 Å². The lowest BCUT2D eigenvalue weighted by Gasteiger charge is -2.44. The number of benzene rings is 4. The molecular formula is C35H34N2. The molecule has 2 heteroatoms. The van der Waals surface area contributed by atoms with Crippen LogP contribution in [0.2, 0.25) is 0 Å². The highest BCUT2D eigenvalue weighted by Crippen LogP contribution is 2.62. The summed E-state index contributed by atoms with van der Waals surface area (Å²) >= 11 is 0. The monoisotopic (exact) mass is 482 g/mol. The Kier molecular flexibility index (Phi) is 5.18. The van der Waals surface area contributed by atoms with Crippen molar-refractivity contribution in [2.24, 2.45) is 5.41 Å². The third-order valence-corrected chi connectivity index (χ3v) is 9.59. The zero-order valence-corrected chi connectivity index (χ0v) is 22.6. The smallest absolute Gasteiger partial charge is 0.0979 e. The van der Waals surface area contributed by atoms with E-state index >= 15 is 0 Å². The first-order chi connectivity index (χ1) is 17.6. The lowest BCUT2D eigenvalue weighted by Crippen LogP contribution is -2.42. The molecule has 0 atom stereocenters. The molecule has 1 heterocycles. The fraction of sp³-hybridized carbons (Fsp3) is 0.257. The van der Waals surface area contributed by atoms with Crippen LogP contribution >= 0.6 is 0 Å². The van der Waals surface area contributed by atoms with Gasteiger partial charge in [-0.25, -0.2) is 9.97 Å². The number of rotatable bonds is 3. The lowest BCUT2D eigenvalue weighted by molar-refractivity contribution is 0.125. The Morgan fingerprint density at radius 3 is 1.43 bits per heavy atom. The fourth-order valence-electron chi connectivity index (χ4n) is 6.13. The Balaban J connectivity index is 1.74. The van der Waals surface area contributed by atoms with E-state index in [0.29, 0.717) is 0 Å². The number of aromatic nitrogens is 2. The van der Waals surface area contributed by atoms with Gasteiger partial charge in [0.25, 0.3) is 0 Å². The number of nitrogens with zero attached hydrogens (tertiary/aromatic N) is 2. The number of fused-ring (bicyclic) bond motifs is 2. The maximum atomic E-state index is 5.29. The molecule has 1 aliphatic rings. The molecule has 0 amide bonds. The average molecular weight is 483 g/mol. The molecule has 0 saturated heterocycles. The number of hydrogen-bond acceptors (Lipinski definition) is 2. The van der Waals surface area contributed by atoms with Gasteiger partial charge in [-0.05, 0) is 62.8 Å². The third kappa shape index (κ3) is 3.39. The van der Waals surface area contributed by atoms with E-state index in [0.717, 1.165) is 33.5 Å². The molecule has 5 aromatic rings. The van der Waals surface area contributed by atoms with Gasteiger partial charge in [-0.15, -0.1) is 0 Å². The average Bonchev–Trinajstić information content (AvgIpc) is 3.02. The molecule has 4 aromatic carbocycles.